The summed E-state index contributed by atoms with van der Waals surface area (Å²) in [4.78, 5) is 18.8. The van der Waals surface area contributed by atoms with Crippen molar-refractivity contribution in [3.8, 4) is 10.6 Å². The van der Waals surface area contributed by atoms with Crippen LogP contribution in [0.15, 0.2) is 5.38 Å². The van der Waals surface area contributed by atoms with E-state index in [9.17, 15) is 0 Å². The van der Waals surface area contributed by atoms with E-state index in [0.29, 0.717) is 0 Å². The van der Waals surface area contributed by atoms with Gasteiger partial charge in [0.2, 0.25) is 0 Å². The second kappa shape index (κ2) is 6.46. The Morgan fingerprint density at radius 1 is 1.35 bits per heavy atom. The Morgan fingerprint density at radius 2 is 2.00 bits per heavy atom. The van der Waals surface area contributed by atoms with E-state index >= 15 is 0 Å². The van der Waals surface area contributed by atoms with Crippen molar-refractivity contribution in [1.29, 1.82) is 0 Å². The van der Waals surface area contributed by atoms with Crippen molar-refractivity contribution in [2.24, 2.45) is 0 Å². The van der Waals surface area contributed by atoms with Gasteiger partial charge in [-0.05, 0) is 20.8 Å². The largest absolute Gasteiger partial charge is 0.365 e. The monoisotopic (exact) mass is 269 g/mol. The third kappa shape index (κ3) is 3.61. The van der Waals surface area contributed by atoms with Gasteiger partial charge in [-0.2, -0.15) is 0 Å². The lowest BCUT2D eigenvalue weighted by Crippen LogP contribution is -1.85. The highest BCUT2D eigenvalue weighted by molar-refractivity contribution is 7.16. The van der Waals surface area contributed by atoms with Crippen molar-refractivity contribution < 1.29 is 4.79 Å². The van der Waals surface area contributed by atoms with Crippen molar-refractivity contribution in [2.75, 3.05) is 12.4 Å². The first-order valence-corrected chi connectivity index (χ1v) is 6.79. The summed E-state index contributed by atoms with van der Waals surface area (Å²) < 4.78 is 0. The predicted molar refractivity (Wildman–Crippen MR) is 74.0 cm³/mol. The Bertz CT molecular complexity index is 491. The zero-order chi connectivity index (χ0) is 12.8. The minimum atomic E-state index is 0.750. The number of nitrogens with one attached hydrogen (secondary N) is 1. The van der Waals surface area contributed by atoms with Crippen LogP contribution in [0.1, 0.15) is 17.6 Å². The molecule has 0 spiro atoms. The van der Waals surface area contributed by atoms with Gasteiger partial charge in [-0.3, -0.25) is 0 Å². The summed E-state index contributed by atoms with van der Waals surface area (Å²) in [6.45, 7) is 5.49. The van der Waals surface area contributed by atoms with E-state index in [1.807, 2.05) is 20.9 Å². The molecule has 0 atom stereocenters. The summed E-state index contributed by atoms with van der Waals surface area (Å²) in [7, 11) is 1.88. The van der Waals surface area contributed by atoms with Crippen LogP contribution in [0.3, 0.4) is 0 Å². The lowest BCUT2D eigenvalue weighted by molar-refractivity contribution is -0.106. The molecule has 0 aliphatic rings. The Labute approximate surface area is 109 Å². The van der Waals surface area contributed by atoms with Crippen LogP contribution in [0, 0.1) is 13.8 Å². The fourth-order valence-electron chi connectivity index (χ4n) is 1.26. The molecule has 0 saturated carbocycles. The first-order chi connectivity index (χ1) is 8.12. The molecule has 0 fully saturated rings. The molecule has 0 saturated heterocycles. The van der Waals surface area contributed by atoms with Crippen LogP contribution in [0.25, 0.3) is 10.6 Å². The molecule has 2 aromatic heterocycles. The van der Waals surface area contributed by atoms with Crippen molar-refractivity contribution in [2.45, 2.75) is 20.8 Å². The van der Waals surface area contributed by atoms with Gasteiger partial charge in [0.15, 0.2) is 5.13 Å². The van der Waals surface area contributed by atoms with E-state index in [4.69, 9.17) is 4.79 Å². The normalized spacial score (nSPS) is 9.41. The maximum absolute atomic E-state index is 8.81. The summed E-state index contributed by atoms with van der Waals surface area (Å²) in [5.74, 6) is 0. The summed E-state index contributed by atoms with van der Waals surface area (Å²) >= 11 is 3.32. The van der Waals surface area contributed by atoms with Crippen LogP contribution in [-0.4, -0.2) is 23.3 Å². The Morgan fingerprint density at radius 3 is 2.41 bits per heavy atom. The van der Waals surface area contributed by atoms with E-state index in [0.717, 1.165) is 27.8 Å². The third-order valence-corrected chi connectivity index (χ3v) is 3.81. The molecule has 2 aromatic rings. The second-order valence-corrected chi connectivity index (χ2v) is 5.23. The predicted octanol–water partition coefficient (Wildman–Crippen LogP) is 3.13. The van der Waals surface area contributed by atoms with E-state index in [1.165, 1.54) is 11.8 Å². The van der Waals surface area contributed by atoms with Crippen LogP contribution in [0.4, 0.5) is 5.13 Å². The molecule has 17 heavy (non-hydrogen) atoms. The molecular weight excluding hydrogens is 254 g/mol. The van der Waals surface area contributed by atoms with Gasteiger partial charge in [0.1, 0.15) is 6.29 Å². The average molecular weight is 269 g/mol. The molecule has 2 heterocycles. The molecule has 6 heteroatoms. The summed E-state index contributed by atoms with van der Waals surface area (Å²) in [5, 5.41) is 7.14. The molecule has 0 bridgehead atoms. The van der Waals surface area contributed by atoms with Crippen LogP contribution >= 0.6 is 22.7 Å². The van der Waals surface area contributed by atoms with E-state index < -0.39 is 0 Å². The standard InChI is InChI=1S/C9H11N3S2.C2H4O/c1-5-8(14-6(2)11-5)7-4-13-9(10-3)12-7;1-2-3/h4H,1-3H3,(H,10,12);2H,1H3. The third-order valence-electron chi connectivity index (χ3n) is 1.85. The highest BCUT2D eigenvalue weighted by Gasteiger charge is 2.10. The zero-order valence-corrected chi connectivity index (χ0v) is 11.9. The minimum Gasteiger partial charge on any atom is -0.365 e. The summed E-state index contributed by atoms with van der Waals surface area (Å²) in [5.41, 5.74) is 2.10. The number of anilines is 1. The number of carbonyl (C=O) groups is 1. The number of aromatic nitrogens is 2. The molecule has 4 nitrogen and oxygen atoms in total. The van der Waals surface area contributed by atoms with Crippen LogP contribution in [0.5, 0.6) is 0 Å². The molecule has 0 radical (unpaired) electrons. The number of hydrogen-bond acceptors (Lipinski definition) is 6. The van der Waals surface area contributed by atoms with Gasteiger partial charge in [0, 0.05) is 12.4 Å². The lowest BCUT2D eigenvalue weighted by Gasteiger charge is -1.91. The number of aldehydes is 1. The van der Waals surface area contributed by atoms with E-state index in [-0.39, 0.29) is 0 Å². The smallest absolute Gasteiger partial charge is 0.182 e. The average Bonchev–Trinajstić information content (AvgIpc) is 2.85. The molecule has 0 aromatic carbocycles. The Balaban J connectivity index is 0.000000437. The van der Waals surface area contributed by atoms with Gasteiger partial charge in [0.25, 0.3) is 0 Å². The topological polar surface area (TPSA) is 54.9 Å². The second-order valence-electron chi connectivity index (χ2n) is 3.17. The van der Waals surface area contributed by atoms with Crippen LogP contribution in [-0.2, 0) is 4.79 Å². The molecule has 0 aliphatic carbocycles. The van der Waals surface area contributed by atoms with Gasteiger partial charge in [-0.25, -0.2) is 9.97 Å². The molecule has 0 unspecified atom stereocenters. The molecular formula is C11H15N3OS2. The van der Waals surface area contributed by atoms with Crippen molar-refractivity contribution in [1.82, 2.24) is 9.97 Å². The first kappa shape index (κ1) is 13.8. The highest BCUT2D eigenvalue weighted by Crippen LogP contribution is 2.31. The summed E-state index contributed by atoms with van der Waals surface area (Å²) in [6.07, 6.45) is 0.750. The molecule has 0 aliphatic heterocycles. The Kier molecular flexibility index (Phi) is 5.24. The fourth-order valence-corrected chi connectivity index (χ4v) is 2.88. The maximum atomic E-state index is 8.81. The highest BCUT2D eigenvalue weighted by atomic mass is 32.1. The number of aryl methyl sites for hydroxylation is 2. The van der Waals surface area contributed by atoms with Crippen molar-refractivity contribution in [3.05, 3.63) is 16.1 Å². The minimum absolute atomic E-state index is 0.750. The van der Waals surface area contributed by atoms with Gasteiger partial charge in [-0.15, -0.1) is 22.7 Å². The Hall–Kier alpha value is -1.27. The summed E-state index contributed by atoms with van der Waals surface area (Å²) in [6, 6.07) is 0. The van der Waals surface area contributed by atoms with Crippen LogP contribution in [0.2, 0.25) is 0 Å². The van der Waals surface area contributed by atoms with Crippen LogP contribution < -0.4 is 5.32 Å². The maximum Gasteiger partial charge on any atom is 0.182 e. The van der Waals surface area contributed by atoms with E-state index in [2.05, 4.69) is 20.7 Å². The SMILES string of the molecule is CC=O.CNc1nc(-c2sc(C)nc2C)cs1. The fraction of sp³-hybridized carbons (Fsp3) is 0.364. The van der Waals surface area contributed by atoms with Crippen molar-refractivity contribution >= 4 is 34.1 Å². The molecule has 2 rings (SSSR count). The molecule has 92 valence electrons. The van der Waals surface area contributed by atoms with Gasteiger partial charge in [-0.1, -0.05) is 0 Å². The quantitative estimate of drug-likeness (QED) is 0.851. The van der Waals surface area contributed by atoms with Gasteiger partial charge >= 0.3 is 0 Å². The number of nitrogens with zero attached hydrogens (tertiary/aromatic N) is 2. The van der Waals surface area contributed by atoms with Crippen molar-refractivity contribution in [3.63, 3.8) is 0 Å². The van der Waals surface area contributed by atoms with E-state index in [1.54, 1.807) is 22.7 Å². The number of carbonyl (C=O) groups excluding carboxylic acids is 1. The number of hydrogen-bond donors (Lipinski definition) is 1. The zero-order valence-electron chi connectivity index (χ0n) is 10.3. The first-order valence-electron chi connectivity index (χ1n) is 5.09. The van der Waals surface area contributed by atoms with Gasteiger partial charge in [0.05, 0.1) is 21.3 Å². The lowest BCUT2D eigenvalue weighted by atomic mass is 10.3. The molecule has 1 N–H and O–H groups in total. The molecule has 0 amide bonds. The van der Waals surface area contributed by atoms with Gasteiger partial charge < -0.3 is 10.1 Å². The number of rotatable bonds is 2. The number of thiazole rings is 2.